The summed E-state index contributed by atoms with van der Waals surface area (Å²) in [6.45, 7) is -3.82. The molecule has 0 saturated carbocycles. The fourth-order valence-corrected chi connectivity index (χ4v) is 2.82. The van der Waals surface area contributed by atoms with Crippen LogP contribution in [0.4, 0.5) is 8.63 Å². The topological polar surface area (TPSA) is 20.8 Å². The molecule has 2 aliphatic heterocycles. The fourth-order valence-electron chi connectivity index (χ4n) is 2.82. The number of fused-ring (bicyclic) bond motifs is 2. The Kier molecular flexibility index (Phi) is 2.13. The lowest BCUT2D eigenvalue weighted by molar-refractivity contribution is -0.356. The van der Waals surface area contributed by atoms with Crippen LogP contribution in [-0.2, 0) is 0 Å². The highest BCUT2D eigenvalue weighted by Crippen LogP contribution is 2.37. The van der Waals surface area contributed by atoms with Gasteiger partial charge in [0.15, 0.2) is 5.70 Å². The highest BCUT2D eigenvalue weighted by molar-refractivity contribution is 6.57. The third-order valence-corrected chi connectivity index (χ3v) is 3.69. The maximum atomic E-state index is 14.5. The van der Waals surface area contributed by atoms with E-state index in [0.29, 0.717) is 11.4 Å². The van der Waals surface area contributed by atoms with Gasteiger partial charge in [-0.15, -0.1) is 0 Å². The van der Waals surface area contributed by atoms with Crippen LogP contribution in [0.1, 0.15) is 11.3 Å². The molecule has 0 bridgehead atoms. The van der Waals surface area contributed by atoms with E-state index in [4.69, 9.17) is 0 Å². The summed E-state index contributed by atoms with van der Waals surface area (Å²) in [5.41, 5.74) is 2.66. The summed E-state index contributed by atoms with van der Waals surface area (Å²) >= 11 is 0. The molecule has 0 aromatic carbocycles. The number of halogens is 2. The van der Waals surface area contributed by atoms with Crippen molar-refractivity contribution in [2.75, 3.05) is 0 Å². The molecule has 3 nitrogen and oxygen atoms in total. The zero-order chi connectivity index (χ0) is 13.7. The van der Waals surface area contributed by atoms with Crippen LogP contribution >= 0.6 is 0 Å². The summed E-state index contributed by atoms with van der Waals surface area (Å²) in [5, 5.41) is 0. The van der Waals surface area contributed by atoms with Gasteiger partial charge in [0, 0.05) is 35.8 Å². The maximum absolute atomic E-state index is 14.5. The molecule has 0 radical (unpaired) electrons. The average molecular weight is 269 g/mol. The first-order valence-electron chi connectivity index (χ1n) is 6.34. The van der Waals surface area contributed by atoms with Gasteiger partial charge in [-0.25, -0.2) is 0 Å². The molecule has 0 N–H and O–H groups in total. The van der Waals surface area contributed by atoms with Gasteiger partial charge in [0.1, 0.15) is 6.21 Å². The number of pyridine rings is 1. The highest BCUT2D eigenvalue weighted by Gasteiger charge is 2.51. The molecule has 4 heterocycles. The van der Waals surface area contributed by atoms with Gasteiger partial charge < -0.3 is 17.6 Å². The summed E-state index contributed by atoms with van der Waals surface area (Å²) in [5.74, 6) is 0. The van der Waals surface area contributed by atoms with Crippen LogP contribution < -0.4 is 0 Å². The Bertz CT molecular complexity index is 788. The van der Waals surface area contributed by atoms with Crippen LogP contribution in [0.3, 0.4) is 0 Å². The molecule has 0 aliphatic carbocycles. The van der Waals surface area contributed by atoms with E-state index >= 15 is 0 Å². The van der Waals surface area contributed by atoms with E-state index in [1.807, 2.05) is 6.07 Å². The summed E-state index contributed by atoms with van der Waals surface area (Å²) in [6.07, 6.45) is 9.58. The van der Waals surface area contributed by atoms with Crippen LogP contribution in [0.25, 0.3) is 5.57 Å². The van der Waals surface area contributed by atoms with Crippen molar-refractivity contribution in [3.05, 3.63) is 72.0 Å². The van der Waals surface area contributed by atoms with Crippen molar-refractivity contribution in [1.29, 1.82) is 0 Å². The van der Waals surface area contributed by atoms with E-state index in [9.17, 15) is 8.63 Å². The fraction of sp³-hybridized carbons (Fsp3) is 0. The Morgan fingerprint density at radius 1 is 1.20 bits per heavy atom. The van der Waals surface area contributed by atoms with Crippen LogP contribution in [0.2, 0.25) is 0 Å². The second-order valence-electron chi connectivity index (χ2n) is 4.81. The molecule has 0 fully saturated rings. The van der Waals surface area contributed by atoms with Crippen molar-refractivity contribution >= 4 is 18.8 Å². The number of aromatic nitrogens is 2. The van der Waals surface area contributed by atoms with Gasteiger partial charge in [-0.2, -0.15) is 0 Å². The minimum absolute atomic E-state index is 0.522. The first-order chi connectivity index (χ1) is 9.69. The average Bonchev–Trinajstić information content (AvgIpc) is 3.09. The molecule has 98 valence electrons. The molecule has 2 aromatic rings. The second kappa shape index (κ2) is 3.76. The van der Waals surface area contributed by atoms with Crippen molar-refractivity contribution < 1.29 is 13.1 Å². The number of rotatable bonds is 1. The number of allylic oxidation sites excluding steroid dienone is 2. The second-order valence-corrected chi connectivity index (χ2v) is 4.81. The zero-order valence-electron chi connectivity index (χ0n) is 10.4. The normalized spacial score (nSPS) is 18.8. The molecule has 2 aliphatic rings. The van der Waals surface area contributed by atoms with Crippen molar-refractivity contribution in [2.24, 2.45) is 0 Å². The minimum Gasteiger partial charge on any atom is -0.396 e. The number of hydrogen-bond donors (Lipinski definition) is 0. The van der Waals surface area contributed by atoms with Gasteiger partial charge >= 0.3 is 6.97 Å². The standard InChI is InChI=1S/C14H10BF2N3/c16-15(17)19-8-2-5-12(19)14(11-4-1-7-18-10-11)13-6-3-9-20(13)15/h1-10H. The van der Waals surface area contributed by atoms with E-state index < -0.39 is 6.97 Å². The summed E-state index contributed by atoms with van der Waals surface area (Å²) in [6, 6.07) is 7.05. The SMILES string of the molecule is F[B-]1(F)n2cccc2C(c2cccnc2)=C2C=CC=[N+]21. The van der Waals surface area contributed by atoms with Crippen molar-refractivity contribution in [1.82, 2.24) is 9.46 Å². The Hall–Kier alpha value is -2.50. The van der Waals surface area contributed by atoms with E-state index in [1.165, 1.54) is 12.4 Å². The van der Waals surface area contributed by atoms with Gasteiger partial charge in [-0.1, -0.05) is 6.07 Å². The third kappa shape index (κ3) is 1.33. The lowest BCUT2D eigenvalue weighted by Gasteiger charge is -2.30. The summed E-state index contributed by atoms with van der Waals surface area (Å²) in [7, 11) is 0. The quantitative estimate of drug-likeness (QED) is 0.729. The Labute approximate surface area is 114 Å². The molecule has 20 heavy (non-hydrogen) atoms. The number of hydrogen-bond acceptors (Lipinski definition) is 1. The zero-order valence-corrected chi connectivity index (χ0v) is 10.4. The van der Waals surface area contributed by atoms with Crippen LogP contribution in [-0.4, -0.2) is 27.1 Å². The molecule has 0 atom stereocenters. The summed E-state index contributed by atoms with van der Waals surface area (Å²) < 4.78 is 31.1. The Morgan fingerprint density at radius 3 is 2.90 bits per heavy atom. The Morgan fingerprint density at radius 2 is 2.10 bits per heavy atom. The van der Waals surface area contributed by atoms with Crippen molar-refractivity contribution in [3.63, 3.8) is 0 Å². The summed E-state index contributed by atoms with van der Waals surface area (Å²) in [4.78, 5) is 4.09. The van der Waals surface area contributed by atoms with Gasteiger partial charge in [0.25, 0.3) is 0 Å². The van der Waals surface area contributed by atoms with Crippen LogP contribution in [0.15, 0.2) is 60.7 Å². The van der Waals surface area contributed by atoms with Crippen molar-refractivity contribution in [3.8, 4) is 0 Å². The smallest absolute Gasteiger partial charge is 0.396 e. The minimum atomic E-state index is -3.82. The van der Waals surface area contributed by atoms with E-state index in [2.05, 4.69) is 4.98 Å². The Balaban J connectivity index is 2.07. The van der Waals surface area contributed by atoms with Gasteiger partial charge in [-0.05, 0) is 24.4 Å². The molecule has 0 saturated heterocycles. The van der Waals surface area contributed by atoms with Crippen molar-refractivity contribution in [2.45, 2.75) is 0 Å². The number of nitrogens with zero attached hydrogens (tertiary/aromatic N) is 3. The lowest BCUT2D eigenvalue weighted by atomic mass is 9.87. The van der Waals surface area contributed by atoms with Gasteiger partial charge in [0.2, 0.25) is 0 Å². The molecular formula is C14H10BF2N3. The van der Waals surface area contributed by atoms with Gasteiger partial charge in [0.05, 0.1) is 5.57 Å². The lowest BCUT2D eigenvalue weighted by Crippen LogP contribution is -2.49. The van der Waals surface area contributed by atoms with E-state index in [-0.39, 0.29) is 0 Å². The van der Waals surface area contributed by atoms with E-state index in [0.717, 1.165) is 20.1 Å². The highest BCUT2D eigenvalue weighted by atomic mass is 19.2. The molecular weight excluding hydrogens is 259 g/mol. The molecule has 6 heteroatoms. The maximum Gasteiger partial charge on any atom is 0.737 e. The third-order valence-electron chi connectivity index (χ3n) is 3.69. The monoisotopic (exact) mass is 269 g/mol. The van der Waals surface area contributed by atoms with Crippen LogP contribution in [0.5, 0.6) is 0 Å². The molecule has 2 aromatic heterocycles. The molecule has 0 spiro atoms. The molecule has 4 rings (SSSR count). The predicted octanol–water partition coefficient (Wildman–Crippen LogP) is 2.53. The van der Waals surface area contributed by atoms with E-state index in [1.54, 1.807) is 42.7 Å². The molecule has 0 amide bonds. The molecule has 0 unspecified atom stereocenters. The first-order valence-corrected chi connectivity index (χ1v) is 6.34. The van der Waals surface area contributed by atoms with Gasteiger partial charge in [-0.3, -0.25) is 4.98 Å². The largest absolute Gasteiger partial charge is 0.737 e. The predicted molar refractivity (Wildman–Crippen MR) is 73.5 cm³/mol. The first kappa shape index (κ1) is 11.3. The van der Waals surface area contributed by atoms with Crippen LogP contribution in [0, 0.1) is 0 Å².